The maximum atomic E-state index is 12.8. The van der Waals surface area contributed by atoms with Crippen molar-refractivity contribution in [2.24, 2.45) is 0 Å². The van der Waals surface area contributed by atoms with E-state index < -0.39 is 0 Å². The van der Waals surface area contributed by atoms with Crippen LogP contribution in [-0.2, 0) is 0 Å². The molecule has 1 fully saturated rings. The molecular formula is C18H20N6O. The van der Waals surface area contributed by atoms with Gasteiger partial charge >= 0.3 is 0 Å². The van der Waals surface area contributed by atoms with E-state index in [1.807, 2.05) is 18.2 Å². The van der Waals surface area contributed by atoms with Gasteiger partial charge < -0.3 is 9.80 Å². The van der Waals surface area contributed by atoms with Gasteiger partial charge in [-0.3, -0.25) is 14.8 Å². The summed E-state index contributed by atoms with van der Waals surface area (Å²) in [6.45, 7) is 6.87. The van der Waals surface area contributed by atoms with Crippen LogP contribution >= 0.6 is 0 Å². The second-order valence-corrected chi connectivity index (χ2v) is 6.10. The molecule has 3 aromatic heterocycles. The lowest BCUT2D eigenvalue weighted by molar-refractivity contribution is 0.270. The molecule has 1 saturated heterocycles. The third-order valence-electron chi connectivity index (χ3n) is 4.71. The second-order valence-electron chi connectivity index (χ2n) is 6.10. The molecule has 128 valence electrons. The molecule has 0 radical (unpaired) electrons. The van der Waals surface area contributed by atoms with E-state index in [4.69, 9.17) is 0 Å². The highest BCUT2D eigenvalue weighted by atomic mass is 16.1. The Bertz CT molecular complexity index is 931. The van der Waals surface area contributed by atoms with Crippen molar-refractivity contribution in [1.29, 1.82) is 0 Å². The van der Waals surface area contributed by atoms with E-state index in [1.54, 1.807) is 18.6 Å². The molecule has 3 aromatic rings. The minimum absolute atomic E-state index is 0.155. The monoisotopic (exact) mass is 336 g/mol. The van der Waals surface area contributed by atoms with Crippen molar-refractivity contribution in [3.05, 3.63) is 47.1 Å². The van der Waals surface area contributed by atoms with Gasteiger partial charge in [0.05, 0.1) is 5.39 Å². The number of fused-ring (bicyclic) bond motifs is 1. The Labute approximate surface area is 145 Å². The molecule has 4 heterocycles. The van der Waals surface area contributed by atoms with Gasteiger partial charge in [-0.15, -0.1) is 0 Å². The zero-order valence-corrected chi connectivity index (χ0v) is 14.1. The minimum Gasteiger partial charge on any atom is -0.340 e. The van der Waals surface area contributed by atoms with E-state index in [0.717, 1.165) is 43.9 Å². The summed E-state index contributed by atoms with van der Waals surface area (Å²) in [5.41, 5.74) is 2.08. The number of pyridine rings is 2. The van der Waals surface area contributed by atoms with Crippen LogP contribution in [0.2, 0.25) is 0 Å². The maximum Gasteiger partial charge on any atom is 0.262 e. The molecular weight excluding hydrogens is 316 g/mol. The molecule has 0 bridgehead atoms. The molecule has 7 heteroatoms. The Morgan fingerprint density at radius 3 is 2.56 bits per heavy atom. The van der Waals surface area contributed by atoms with Gasteiger partial charge in [0.25, 0.3) is 5.56 Å². The summed E-state index contributed by atoms with van der Waals surface area (Å²) >= 11 is 0. The average molecular weight is 336 g/mol. The largest absolute Gasteiger partial charge is 0.340 e. The number of H-pyrrole nitrogens is 1. The second kappa shape index (κ2) is 6.60. The molecule has 0 unspecified atom stereocenters. The van der Waals surface area contributed by atoms with E-state index in [2.05, 4.69) is 36.7 Å². The van der Waals surface area contributed by atoms with Gasteiger partial charge in [-0.2, -0.15) is 4.98 Å². The first-order valence-electron chi connectivity index (χ1n) is 8.53. The number of aromatic nitrogens is 4. The third-order valence-corrected chi connectivity index (χ3v) is 4.71. The molecule has 1 N–H and O–H groups in total. The van der Waals surface area contributed by atoms with Crippen molar-refractivity contribution in [1.82, 2.24) is 24.8 Å². The van der Waals surface area contributed by atoms with Crippen LogP contribution in [0, 0.1) is 0 Å². The number of nitrogens with one attached hydrogen (secondary N) is 1. The highest BCUT2D eigenvalue weighted by molar-refractivity contribution is 5.91. The van der Waals surface area contributed by atoms with Crippen molar-refractivity contribution in [3.8, 4) is 11.1 Å². The predicted molar refractivity (Wildman–Crippen MR) is 97.7 cm³/mol. The normalized spacial score (nSPS) is 15.6. The number of rotatable bonds is 3. The van der Waals surface area contributed by atoms with Crippen LogP contribution in [0.15, 0.2) is 41.6 Å². The van der Waals surface area contributed by atoms with Gasteiger partial charge in [0.2, 0.25) is 5.95 Å². The van der Waals surface area contributed by atoms with Gasteiger partial charge in [0.15, 0.2) is 5.65 Å². The maximum absolute atomic E-state index is 12.8. The van der Waals surface area contributed by atoms with Gasteiger partial charge in [-0.1, -0.05) is 6.92 Å². The van der Waals surface area contributed by atoms with Crippen LogP contribution in [0.5, 0.6) is 0 Å². The first kappa shape index (κ1) is 15.7. The van der Waals surface area contributed by atoms with Crippen LogP contribution < -0.4 is 10.5 Å². The molecule has 0 atom stereocenters. The third kappa shape index (κ3) is 2.98. The van der Waals surface area contributed by atoms with Crippen LogP contribution in [0.3, 0.4) is 0 Å². The van der Waals surface area contributed by atoms with Crippen molar-refractivity contribution >= 4 is 17.0 Å². The molecule has 25 heavy (non-hydrogen) atoms. The first-order valence-corrected chi connectivity index (χ1v) is 8.53. The van der Waals surface area contributed by atoms with E-state index in [1.165, 1.54) is 0 Å². The molecule has 0 aromatic carbocycles. The van der Waals surface area contributed by atoms with Gasteiger partial charge in [-0.25, -0.2) is 4.98 Å². The molecule has 0 aliphatic carbocycles. The standard InChI is InChI=1S/C18H20N6O/c1-2-23-9-11-24(12-10-23)18-21-16-15(17(25)22-18)14(5-8-20-16)13-3-6-19-7-4-13/h3-8H,2,9-12H2,1H3,(H,20,21,22,25). The number of piperazine rings is 1. The molecule has 1 aliphatic rings. The summed E-state index contributed by atoms with van der Waals surface area (Å²) in [7, 11) is 0. The topological polar surface area (TPSA) is 78.0 Å². The Kier molecular flexibility index (Phi) is 4.15. The lowest BCUT2D eigenvalue weighted by Gasteiger charge is -2.34. The number of hydrogen-bond acceptors (Lipinski definition) is 6. The summed E-state index contributed by atoms with van der Waals surface area (Å²) in [4.78, 5) is 33.2. The van der Waals surface area contributed by atoms with E-state index in [9.17, 15) is 4.79 Å². The summed E-state index contributed by atoms with van der Waals surface area (Å²) in [6, 6.07) is 5.60. The molecule has 0 saturated carbocycles. The lowest BCUT2D eigenvalue weighted by atomic mass is 10.1. The smallest absolute Gasteiger partial charge is 0.262 e. The molecule has 0 spiro atoms. The zero-order chi connectivity index (χ0) is 17.2. The predicted octanol–water partition coefficient (Wildman–Crippen LogP) is 1.52. The van der Waals surface area contributed by atoms with Crippen molar-refractivity contribution in [2.75, 3.05) is 37.6 Å². The summed E-state index contributed by atoms with van der Waals surface area (Å²) in [5.74, 6) is 0.604. The Morgan fingerprint density at radius 1 is 1.08 bits per heavy atom. The first-order chi connectivity index (χ1) is 12.3. The van der Waals surface area contributed by atoms with Crippen LogP contribution in [0.4, 0.5) is 5.95 Å². The number of hydrogen-bond donors (Lipinski definition) is 1. The van der Waals surface area contributed by atoms with Crippen molar-refractivity contribution in [3.63, 3.8) is 0 Å². The van der Waals surface area contributed by atoms with E-state index >= 15 is 0 Å². The number of anilines is 1. The van der Waals surface area contributed by atoms with Crippen LogP contribution in [0.1, 0.15) is 6.92 Å². The van der Waals surface area contributed by atoms with Crippen molar-refractivity contribution in [2.45, 2.75) is 6.92 Å². The summed E-state index contributed by atoms with van der Waals surface area (Å²) in [5, 5.41) is 0.518. The Hall–Kier alpha value is -2.80. The highest BCUT2D eigenvalue weighted by Crippen LogP contribution is 2.24. The highest BCUT2D eigenvalue weighted by Gasteiger charge is 2.19. The number of likely N-dealkylation sites (N-methyl/N-ethyl adjacent to an activating group) is 1. The SMILES string of the molecule is CCN1CCN(c2nc3nccc(-c4ccncc4)c3c(=O)[nH]2)CC1. The number of nitrogens with zero attached hydrogens (tertiary/aromatic N) is 5. The van der Waals surface area contributed by atoms with E-state index in [0.29, 0.717) is 17.0 Å². The fourth-order valence-electron chi connectivity index (χ4n) is 3.25. The summed E-state index contributed by atoms with van der Waals surface area (Å²) in [6.07, 6.45) is 5.12. The van der Waals surface area contributed by atoms with E-state index in [-0.39, 0.29) is 5.56 Å². The Morgan fingerprint density at radius 2 is 1.84 bits per heavy atom. The molecule has 0 amide bonds. The van der Waals surface area contributed by atoms with Gasteiger partial charge in [0.1, 0.15) is 0 Å². The zero-order valence-electron chi connectivity index (χ0n) is 14.1. The fraction of sp³-hybridized carbons (Fsp3) is 0.333. The quantitative estimate of drug-likeness (QED) is 0.781. The lowest BCUT2D eigenvalue weighted by Crippen LogP contribution is -2.47. The number of aromatic amines is 1. The van der Waals surface area contributed by atoms with Crippen LogP contribution in [0.25, 0.3) is 22.2 Å². The molecule has 7 nitrogen and oxygen atoms in total. The average Bonchev–Trinajstić information content (AvgIpc) is 2.68. The van der Waals surface area contributed by atoms with Crippen LogP contribution in [-0.4, -0.2) is 57.6 Å². The Balaban J connectivity index is 1.76. The molecule has 1 aliphatic heterocycles. The fourth-order valence-corrected chi connectivity index (χ4v) is 3.25. The minimum atomic E-state index is -0.155. The summed E-state index contributed by atoms with van der Waals surface area (Å²) < 4.78 is 0. The molecule has 4 rings (SSSR count). The van der Waals surface area contributed by atoms with Gasteiger partial charge in [-0.05, 0) is 35.9 Å². The van der Waals surface area contributed by atoms with Crippen molar-refractivity contribution < 1.29 is 0 Å². The van der Waals surface area contributed by atoms with Gasteiger partial charge in [0, 0.05) is 44.8 Å².